The second-order valence-electron chi connectivity index (χ2n) is 11.0. The van der Waals surface area contributed by atoms with Gasteiger partial charge in [0.2, 0.25) is 17.4 Å². The number of carbonyl (C=O) groups is 2. The lowest BCUT2D eigenvalue weighted by Crippen LogP contribution is -2.51. The molecule has 2 atom stereocenters. The average molecular weight is 652 g/mol. The van der Waals surface area contributed by atoms with Crippen LogP contribution in [0.3, 0.4) is 0 Å². The summed E-state index contributed by atoms with van der Waals surface area (Å²) in [7, 11) is 0. The van der Waals surface area contributed by atoms with Crippen molar-refractivity contribution in [3.63, 3.8) is 0 Å². The first kappa shape index (κ1) is 31.4. The summed E-state index contributed by atoms with van der Waals surface area (Å²) in [4.78, 5) is 38.1. The van der Waals surface area contributed by atoms with Gasteiger partial charge in [0, 0.05) is 28.3 Å². The second-order valence-corrected chi connectivity index (χ2v) is 11.0. The Balaban J connectivity index is 1.37. The van der Waals surface area contributed by atoms with Crippen molar-refractivity contribution in [3.8, 4) is 22.8 Å². The highest BCUT2D eigenvalue weighted by atomic mass is 19.4. The first-order valence-corrected chi connectivity index (χ1v) is 14.0. The van der Waals surface area contributed by atoms with Crippen molar-refractivity contribution in [3.05, 3.63) is 102 Å². The van der Waals surface area contributed by atoms with E-state index < -0.39 is 47.1 Å². The minimum Gasteiger partial charge on any atom is -0.489 e. The summed E-state index contributed by atoms with van der Waals surface area (Å²) >= 11 is 0. The van der Waals surface area contributed by atoms with Gasteiger partial charge < -0.3 is 30.0 Å². The van der Waals surface area contributed by atoms with E-state index in [4.69, 9.17) is 19.6 Å². The van der Waals surface area contributed by atoms with Gasteiger partial charge in [0.1, 0.15) is 46.8 Å². The lowest BCUT2D eigenvalue weighted by Gasteiger charge is -2.31. The smallest absolute Gasteiger partial charge is 0.424 e. The third-order valence-corrected chi connectivity index (χ3v) is 7.90. The van der Waals surface area contributed by atoms with Crippen molar-refractivity contribution in [2.45, 2.75) is 30.7 Å². The van der Waals surface area contributed by atoms with Crippen LogP contribution in [0.15, 0.2) is 77.7 Å². The van der Waals surface area contributed by atoms with E-state index >= 15 is 0 Å². The zero-order chi connectivity index (χ0) is 33.6. The van der Waals surface area contributed by atoms with Crippen LogP contribution in [0.5, 0.6) is 11.5 Å². The van der Waals surface area contributed by atoms with Crippen LogP contribution in [0, 0.1) is 5.82 Å². The van der Waals surface area contributed by atoms with Crippen LogP contribution in [0.1, 0.15) is 34.4 Å². The van der Waals surface area contributed by atoms with E-state index in [-0.39, 0.29) is 53.0 Å². The number of ether oxygens (including phenoxy) is 2. The normalized spacial score (nSPS) is 17.1. The van der Waals surface area contributed by atoms with E-state index in [1.54, 1.807) is 12.1 Å². The molecule has 2 amide bonds. The Hall–Kier alpha value is -5.57. The zero-order valence-electron chi connectivity index (χ0n) is 24.5. The summed E-state index contributed by atoms with van der Waals surface area (Å²) in [6.45, 7) is -0.430. The molecule has 0 radical (unpaired) electrons. The predicted molar refractivity (Wildman–Crippen MR) is 157 cm³/mol. The summed E-state index contributed by atoms with van der Waals surface area (Å²) in [5.74, 6) is -2.17. The number of pyridine rings is 2. The molecule has 0 bridgehead atoms. The van der Waals surface area contributed by atoms with Crippen LogP contribution < -0.4 is 20.5 Å². The molecule has 5 aromatic rings. The Labute approximate surface area is 263 Å². The summed E-state index contributed by atoms with van der Waals surface area (Å²) in [6.07, 6.45) is -1.12. The van der Waals surface area contributed by atoms with E-state index in [9.17, 15) is 32.3 Å². The molecule has 0 fully saturated rings. The third-order valence-electron chi connectivity index (χ3n) is 7.90. The number of amides is 2. The molecule has 1 aliphatic heterocycles. The molecule has 4 N–H and O–H groups in total. The number of rotatable bonds is 9. The van der Waals surface area contributed by atoms with Crippen molar-refractivity contribution < 1.29 is 46.1 Å². The number of oxazole rings is 1. The fraction of sp³-hybridized carbons (Fsp3) is 0.219. The van der Waals surface area contributed by atoms with Crippen LogP contribution in [-0.4, -0.2) is 51.2 Å². The molecule has 1 aliphatic rings. The first-order chi connectivity index (χ1) is 22.3. The monoisotopic (exact) mass is 651 g/mol. The van der Waals surface area contributed by atoms with Crippen LogP contribution in [0.25, 0.3) is 22.2 Å². The van der Waals surface area contributed by atoms with Gasteiger partial charge in [-0.1, -0.05) is 6.07 Å². The Morgan fingerprint density at radius 1 is 1.11 bits per heavy atom. The van der Waals surface area contributed by atoms with E-state index in [0.717, 1.165) is 18.2 Å². The second kappa shape index (κ2) is 11.7. The molecule has 3 aromatic heterocycles. The quantitative estimate of drug-likeness (QED) is 0.197. The Morgan fingerprint density at radius 3 is 2.55 bits per heavy atom. The molecular formula is C32H25F4N5O6. The third kappa shape index (κ3) is 5.69. The maximum atomic E-state index is 14.8. The molecule has 242 valence electrons. The van der Waals surface area contributed by atoms with Gasteiger partial charge in [-0.25, -0.2) is 14.4 Å². The van der Waals surface area contributed by atoms with E-state index in [0.29, 0.717) is 10.9 Å². The maximum absolute atomic E-state index is 14.8. The highest BCUT2D eigenvalue weighted by Crippen LogP contribution is 2.47. The first-order valence-electron chi connectivity index (χ1n) is 14.0. The number of primary amides is 1. The van der Waals surface area contributed by atoms with Crippen molar-refractivity contribution in [1.82, 2.24) is 20.3 Å². The number of aliphatic hydroxyl groups is 1. The molecule has 0 saturated carbocycles. The summed E-state index contributed by atoms with van der Waals surface area (Å²) in [6, 6.07) is 11.5. The lowest BCUT2D eigenvalue weighted by atomic mass is 9.81. The molecule has 6 rings (SSSR count). The number of hydrogen-bond donors (Lipinski definition) is 3. The molecule has 4 heterocycles. The average Bonchev–Trinajstić information content (AvgIpc) is 3.70. The van der Waals surface area contributed by atoms with Crippen molar-refractivity contribution in [2.24, 2.45) is 5.73 Å². The van der Waals surface area contributed by atoms with Crippen molar-refractivity contribution in [1.29, 1.82) is 0 Å². The molecular weight excluding hydrogens is 626 g/mol. The summed E-state index contributed by atoms with van der Waals surface area (Å²) in [5.41, 5.74) is -0.510. The number of nitrogens with one attached hydrogen (secondary N) is 1. The molecule has 15 heteroatoms. The molecule has 0 unspecified atom stereocenters. The van der Waals surface area contributed by atoms with Crippen LogP contribution in [0.4, 0.5) is 17.6 Å². The largest absolute Gasteiger partial charge is 0.489 e. The minimum atomic E-state index is -5.39. The van der Waals surface area contributed by atoms with Crippen LogP contribution in [0.2, 0.25) is 0 Å². The number of halogens is 4. The molecule has 0 saturated heterocycles. The summed E-state index contributed by atoms with van der Waals surface area (Å²) < 4.78 is 74.6. The SMILES string of the molecule is C[C@]1(C(N)=O)COc2c1cc([C@@](O)(CNC(=O)c1cc(OCc3ncco3)c3ncccc3c1)C(F)(F)F)nc2-c1ccc(F)cc1. The number of carbonyl (C=O) groups excluding carboxylic acids is 2. The van der Waals surface area contributed by atoms with Gasteiger partial charge >= 0.3 is 6.18 Å². The number of alkyl halides is 3. The molecule has 2 aromatic carbocycles. The molecule has 47 heavy (non-hydrogen) atoms. The number of fused-ring (bicyclic) bond motifs is 2. The van der Waals surface area contributed by atoms with Crippen molar-refractivity contribution in [2.75, 3.05) is 13.2 Å². The number of nitrogens with two attached hydrogens (primary N) is 1. The van der Waals surface area contributed by atoms with Gasteiger partial charge in [-0.05, 0) is 55.5 Å². The van der Waals surface area contributed by atoms with Gasteiger partial charge in [-0.2, -0.15) is 13.2 Å². The number of aromatic nitrogens is 3. The van der Waals surface area contributed by atoms with Gasteiger partial charge in [0.15, 0.2) is 6.61 Å². The molecule has 11 nitrogen and oxygen atoms in total. The molecule has 0 spiro atoms. The maximum Gasteiger partial charge on any atom is 0.424 e. The predicted octanol–water partition coefficient (Wildman–Crippen LogP) is 4.32. The highest BCUT2D eigenvalue weighted by Gasteiger charge is 2.57. The van der Waals surface area contributed by atoms with E-state index in [1.165, 1.54) is 49.8 Å². The molecule has 0 aliphatic carbocycles. The Kier molecular flexibility index (Phi) is 7.79. The lowest BCUT2D eigenvalue weighted by molar-refractivity contribution is -0.265. The van der Waals surface area contributed by atoms with Gasteiger partial charge in [0.25, 0.3) is 5.91 Å². The van der Waals surface area contributed by atoms with Gasteiger partial charge in [-0.3, -0.25) is 14.6 Å². The zero-order valence-corrected chi connectivity index (χ0v) is 24.5. The summed E-state index contributed by atoms with van der Waals surface area (Å²) in [5, 5.41) is 13.9. The standard InChI is InChI=1S/C32H25F4N5O6/c1-30(29(37)43)16-47-27-21(30)13-23(41-26(27)17-4-6-20(33)7-5-17)31(44,32(34,35)36)15-40-28(42)19-11-18-3-2-8-39-25(18)22(12-19)46-14-24-38-9-10-45-24/h2-13,44H,14-16H2,1H3,(H2,37,43)(H,40,42)/t30-,31-/m0/s1. The van der Waals surface area contributed by atoms with Gasteiger partial charge in [0.05, 0.1) is 18.4 Å². The fourth-order valence-electron chi connectivity index (χ4n) is 5.11. The van der Waals surface area contributed by atoms with E-state index in [1.807, 2.05) is 0 Å². The van der Waals surface area contributed by atoms with Crippen LogP contribution in [-0.2, 0) is 22.4 Å². The van der Waals surface area contributed by atoms with Crippen molar-refractivity contribution >= 4 is 22.7 Å². The topological polar surface area (TPSA) is 163 Å². The highest BCUT2D eigenvalue weighted by molar-refractivity contribution is 6.00. The van der Waals surface area contributed by atoms with E-state index in [2.05, 4.69) is 20.3 Å². The number of hydrogen-bond acceptors (Lipinski definition) is 9. The Morgan fingerprint density at radius 2 is 1.87 bits per heavy atom. The van der Waals surface area contributed by atoms with Crippen LogP contribution >= 0.6 is 0 Å². The Bertz CT molecular complexity index is 1990. The number of benzene rings is 2. The fourth-order valence-corrected chi connectivity index (χ4v) is 5.11. The number of nitrogens with zero attached hydrogens (tertiary/aromatic N) is 3. The minimum absolute atomic E-state index is 0.0442. The van der Waals surface area contributed by atoms with Gasteiger partial charge in [-0.15, -0.1) is 0 Å².